The third-order valence-electron chi connectivity index (χ3n) is 1.35. The Morgan fingerprint density at radius 3 is 2.10 bits per heavy atom. The quantitative estimate of drug-likeness (QED) is 0.587. The zero-order chi connectivity index (χ0) is 8.15. The molecule has 0 aromatic heterocycles. The van der Waals surface area contributed by atoms with E-state index in [9.17, 15) is 8.78 Å². The van der Waals surface area contributed by atoms with Gasteiger partial charge in [-0.25, -0.2) is 8.78 Å². The van der Waals surface area contributed by atoms with Gasteiger partial charge >= 0.3 is 7.12 Å². The Hall–Kier alpha value is -0.155. The fourth-order valence-corrected chi connectivity index (χ4v) is 0.538. The van der Waals surface area contributed by atoms with Crippen molar-refractivity contribution in [1.82, 2.24) is 0 Å². The summed E-state index contributed by atoms with van der Waals surface area (Å²) in [5.41, 5.74) is 0. The SMILES string of the molecule is C[C@@H](CCC(F)F)B(O)O. The van der Waals surface area contributed by atoms with Crippen LogP contribution >= 0.6 is 0 Å². The van der Waals surface area contributed by atoms with Gasteiger partial charge in [-0.3, -0.25) is 0 Å². The van der Waals surface area contributed by atoms with Crippen LogP contribution in [0.15, 0.2) is 0 Å². The van der Waals surface area contributed by atoms with Crippen molar-refractivity contribution in [3.8, 4) is 0 Å². The molecule has 0 amide bonds. The Morgan fingerprint density at radius 2 is 1.80 bits per heavy atom. The Morgan fingerprint density at radius 1 is 1.30 bits per heavy atom. The van der Waals surface area contributed by atoms with Crippen LogP contribution in [-0.2, 0) is 0 Å². The van der Waals surface area contributed by atoms with Crippen LogP contribution in [0.4, 0.5) is 8.78 Å². The van der Waals surface area contributed by atoms with Gasteiger partial charge in [0.2, 0.25) is 6.43 Å². The molecular formula is C5H11BF2O2. The van der Waals surface area contributed by atoms with Gasteiger partial charge in [0.25, 0.3) is 0 Å². The normalized spacial score (nSPS) is 13.8. The molecular weight excluding hydrogens is 141 g/mol. The summed E-state index contributed by atoms with van der Waals surface area (Å²) in [6.45, 7) is 1.52. The first-order chi connectivity index (χ1) is 4.54. The fourth-order valence-electron chi connectivity index (χ4n) is 0.538. The Bertz CT molecular complexity index is 89.7. The number of hydrogen-bond donors (Lipinski definition) is 2. The van der Waals surface area contributed by atoms with E-state index in [-0.39, 0.29) is 12.8 Å². The van der Waals surface area contributed by atoms with Gasteiger partial charge in [-0.1, -0.05) is 6.92 Å². The van der Waals surface area contributed by atoms with Gasteiger partial charge in [0, 0.05) is 6.42 Å². The highest BCUT2D eigenvalue weighted by molar-refractivity contribution is 6.42. The molecule has 0 spiro atoms. The summed E-state index contributed by atoms with van der Waals surface area (Å²) in [6.07, 6.45) is -2.46. The predicted octanol–water partition coefficient (Wildman–Crippen LogP) is 0.895. The Labute approximate surface area is 59.0 Å². The van der Waals surface area contributed by atoms with Crippen LogP contribution in [0.3, 0.4) is 0 Å². The molecule has 0 saturated carbocycles. The highest BCUT2D eigenvalue weighted by Gasteiger charge is 2.18. The van der Waals surface area contributed by atoms with E-state index in [1.54, 1.807) is 0 Å². The third kappa shape index (κ3) is 4.70. The van der Waals surface area contributed by atoms with Crippen molar-refractivity contribution in [2.24, 2.45) is 0 Å². The zero-order valence-electron chi connectivity index (χ0n) is 5.80. The maximum atomic E-state index is 11.5. The molecule has 5 heteroatoms. The van der Waals surface area contributed by atoms with E-state index in [4.69, 9.17) is 10.0 Å². The topological polar surface area (TPSA) is 40.5 Å². The van der Waals surface area contributed by atoms with Crippen LogP contribution in [0.1, 0.15) is 19.8 Å². The summed E-state index contributed by atoms with van der Waals surface area (Å²) in [4.78, 5) is 0. The van der Waals surface area contributed by atoms with Crippen LogP contribution in [0.5, 0.6) is 0 Å². The summed E-state index contributed by atoms with van der Waals surface area (Å²) in [6, 6.07) is 0. The first-order valence-corrected chi connectivity index (χ1v) is 3.18. The Kier molecular flexibility index (Phi) is 4.56. The molecule has 0 aromatic rings. The number of rotatable bonds is 4. The lowest BCUT2D eigenvalue weighted by molar-refractivity contribution is 0.133. The average Bonchev–Trinajstić information content (AvgIpc) is 1.82. The van der Waals surface area contributed by atoms with Crippen LogP contribution in [0.2, 0.25) is 5.82 Å². The van der Waals surface area contributed by atoms with Gasteiger partial charge in [-0.15, -0.1) is 0 Å². The largest absolute Gasteiger partial charge is 0.454 e. The molecule has 60 valence electrons. The smallest absolute Gasteiger partial charge is 0.427 e. The van der Waals surface area contributed by atoms with E-state index < -0.39 is 19.4 Å². The molecule has 0 heterocycles. The zero-order valence-corrected chi connectivity index (χ0v) is 5.80. The lowest BCUT2D eigenvalue weighted by Crippen LogP contribution is -2.18. The minimum atomic E-state index is -2.35. The van der Waals surface area contributed by atoms with E-state index in [0.29, 0.717) is 0 Å². The Balaban J connectivity index is 3.30. The molecule has 1 atom stereocenters. The van der Waals surface area contributed by atoms with Gasteiger partial charge in [0.15, 0.2) is 0 Å². The van der Waals surface area contributed by atoms with Crippen LogP contribution in [-0.4, -0.2) is 23.6 Å². The van der Waals surface area contributed by atoms with Crippen LogP contribution in [0, 0.1) is 0 Å². The van der Waals surface area contributed by atoms with E-state index in [1.165, 1.54) is 6.92 Å². The van der Waals surface area contributed by atoms with Crippen molar-refractivity contribution in [3.05, 3.63) is 0 Å². The minimum Gasteiger partial charge on any atom is -0.427 e. The molecule has 0 aliphatic carbocycles. The second-order valence-electron chi connectivity index (χ2n) is 2.36. The molecule has 0 radical (unpaired) electrons. The molecule has 0 aromatic carbocycles. The van der Waals surface area contributed by atoms with Gasteiger partial charge in [-0.05, 0) is 12.2 Å². The summed E-state index contributed by atoms with van der Waals surface area (Å²) in [5.74, 6) is -0.464. The second-order valence-corrected chi connectivity index (χ2v) is 2.36. The van der Waals surface area contributed by atoms with Gasteiger partial charge in [0.05, 0.1) is 0 Å². The van der Waals surface area contributed by atoms with Crippen molar-refractivity contribution < 1.29 is 18.8 Å². The summed E-state index contributed by atoms with van der Waals surface area (Å²) in [5, 5.41) is 16.9. The molecule has 10 heavy (non-hydrogen) atoms. The van der Waals surface area contributed by atoms with E-state index in [0.717, 1.165) is 0 Å². The maximum absolute atomic E-state index is 11.5. The molecule has 2 N–H and O–H groups in total. The van der Waals surface area contributed by atoms with Crippen molar-refractivity contribution in [2.45, 2.75) is 32.0 Å². The van der Waals surface area contributed by atoms with Crippen LogP contribution in [0.25, 0.3) is 0 Å². The summed E-state index contributed by atoms with van der Waals surface area (Å²) >= 11 is 0. The van der Waals surface area contributed by atoms with Gasteiger partial charge < -0.3 is 10.0 Å². The lowest BCUT2D eigenvalue weighted by atomic mass is 9.72. The lowest BCUT2D eigenvalue weighted by Gasteiger charge is -2.07. The highest BCUT2D eigenvalue weighted by atomic mass is 19.3. The minimum absolute atomic E-state index is 0.148. The van der Waals surface area contributed by atoms with E-state index in [2.05, 4.69) is 0 Å². The summed E-state index contributed by atoms with van der Waals surface area (Å²) in [7, 11) is -1.47. The fraction of sp³-hybridized carbons (Fsp3) is 1.00. The van der Waals surface area contributed by atoms with Crippen molar-refractivity contribution in [3.63, 3.8) is 0 Å². The highest BCUT2D eigenvalue weighted by Crippen LogP contribution is 2.16. The number of alkyl halides is 2. The van der Waals surface area contributed by atoms with Gasteiger partial charge in [-0.2, -0.15) is 0 Å². The van der Waals surface area contributed by atoms with Gasteiger partial charge in [0.1, 0.15) is 0 Å². The van der Waals surface area contributed by atoms with Crippen molar-refractivity contribution in [2.75, 3.05) is 0 Å². The molecule has 0 bridgehead atoms. The van der Waals surface area contributed by atoms with Crippen LogP contribution < -0.4 is 0 Å². The second kappa shape index (κ2) is 4.63. The molecule has 0 saturated heterocycles. The molecule has 0 rings (SSSR count). The maximum Gasteiger partial charge on any atom is 0.454 e. The monoisotopic (exact) mass is 152 g/mol. The van der Waals surface area contributed by atoms with E-state index >= 15 is 0 Å². The first kappa shape index (κ1) is 9.84. The molecule has 2 nitrogen and oxygen atoms in total. The number of hydrogen-bond acceptors (Lipinski definition) is 2. The molecule has 0 unspecified atom stereocenters. The molecule has 0 aliphatic heterocycles. The third-order valence-corrected chi connectivity index (χ3v) is 1.35. The van der Waals surface area contributed by atoms with Crippen molar-refractivity contribution in [1.29, 1.82) is 0 Å². The first-order valence-electron chi connectivity index (χ1n) is 3.18. The summed E-state index contributed by atoms with van der Waals surface area (Å²) < 4.78 is 23.0. The standard InChI is InChI=1S/C5H11BF2O2/c1-4(6(9)10)2-3-5(7)8/h4-5,9-10H,2-3H2,1H3/t4-/m0/s1. The van der Waals surface area contributed by atoms with E-state index in [1.807, 2.05) is 0 Å². The molecule has 0 fully saturated rings. The van der Waals surface area contributed by atoms with Crippen molar-refractivity contribution >= 4 is 7.12 Å². The predicted molar refractivity (Wildman–Crippen MR) is 34.9 cm³/mol. The molecule has 0 aliphatic rings. The average molecular weight is 152 g/mol. The number of halogens is 2.